The van der Waals surface area contributed by atoms with Gasteiger partial charge in [-0.15, -0.1) is 0 Å². The van der Waals surface area contributed by atoms with Gasteiger partial charge in [-0.05, 0) is 25.1 Å². The van der Waals surface area contributed by atoms with E-state index in [-0.39, 0.29) is 11.9 Å². The van der Waals surface area contributed by atoms with Gasteiger partial charge in [0.05, 0.1) is 6.61 Å². The summed E-state index contributed by atoms with van der Waals surface area (Å²) in [5.41, 5.74) is 1.61. The zero-order valence-corrected chi connectivity index (χ0v) is 13.1. The van der Waals surface area contributed by atoms with E-state index in [0.717, 1.165) is 19.4 Å². The zero-order chi connectivity index (χ0) is 16.4. The Morgan fingerprint density at radius 3 is 2.50 bits per heavy atom. The van der Waals surface area contributed by atoms with Gasteiger partial charge in [-0.2, -0.15) is 0 Å². The molecule has 22 heavy (non-hydrogen) atoms. The number of benzene rings is 1. The fraction of sp³-hybridized carbons (Fsp3) is 0.333. The van der Waals surface area contributed by atoms with Crippen molar-refractivity contribution in [2.24, 2.45) is 0 Å². The predicted octanol–water partition coefficient (Wildman–Crippen LogP) is 3.10. The summed E-state index contributed by atoms with van der Waals surface area (Å²) in [6.45, 7) is 9.92. The summed E-state index contributed by atoms with van der Waals surface area (Å²) >= 11 is 0. The van der Waals surface area contributed by atoms with Gasteiger partial charge < -0.3 is 9.64 Å². The average Bonchev–Trinajstić information content (AvgIpc) is 2.94. The predicted molar refractivity (Wildman–Crippen MR) is 87.1 cm³/mol. The smallest absolute Gasteiger partial charge is 0.333 e. The minimum atomic E-state index is -0.319. The summed E-state index contributed by atoms with van der Waals surface area (Å²) in [5, 5.41) is 0. The maximum absolute atomic E-state index is 11.0. The van der Waals surface area contributed by atoms with Crippen LogP contribution in [0.5, 0.6) is 0 Å². The molecule has 0 aromatic heterocycles. The molecule has 0 spiro atoms. The maximum atomic E-state index is 11.0. The van der Waals surface area contributed by atoms with Gasteiger partial charge in [-0.25, -0.2) is 4.79 Å². The van der Waals surface area contributed by atoms with Gasteiger partial charge in [0.2, 0.25) is 5.91 Å². The molecule has 0 aliphatic carbocycles. The molecule has 0 bridgehead atoms. The van der Waals surface area contributed by atoms with Crippen LogP contribution >= 0.6 is 0 Å². The van der Waals surface area contributed by atoms with E-state index in [2.05, 4.69) is 13.2 Å². The Bertz CT molecular complexity index is 522. The van der Waals surface area contributed by atoms with Crippen molar-refractivity contribution in [1.82, 2.24) is 4.90 Å². The number of amides is 1. The molecule has 4 heteroatoms. The summed E-state index contributed by atoms with van der Waals surface area (Å²) in [5.74, 6) is -0.110. The maximum Gasteiger partial charge on any atom is 0.333 e. The summed E-state index contributed by atoms with van der Waals surface area (Å²) in [6, 6.07) is 9.92. The third kappa shape index (κ3) is 6.39. The Morgan fingerprint density at radius 1 is 1.36 bits per heavy atom. The first kappa shape index (κ1) is 17.7. The molecule has 1 aromatic carbocycles. The number of ether oxygens (including phenoxy) is 1. The van der Waals surface area contributed by atoms with E-state index >= 15 is 0 Å². The van der Waals surface area contributed by atoms with Crippen molar-refractivity contribution >= 4 is 11.9 Å². The lowest BCUT2D eigenvalue weighted by atomic mass is 10.2. The van der Waals surface area contributed by atoms with Gasteiger partial charge in [-0.3, -0.25) is 4.79 Å². The molecule has 1 heterocycles. The van der Waals surface area contributed by atoms with E-state index in [9.17, 15) is 9.59 Å². The highest BCUT2D eigenvalue weighted by Crippen LogP contribution is 2.08. The molecule has 1 amide bonds. The van der Waals surface area contributed by atoms with Crippen LogP contribution in [0.2, 0.25) is 0 Å². The molecule has 0 atom stereocenters. The van der Waals surface area contributed by atoms with Gasteiger partial charge in [0, 0.05) is 25.0 Å². The van der Waals surface area contributed by atoms with Crippen LogP contribution in [0.4, 0.5) is 0 Å². The molecule has 4 nitrogen and oxygen atoms in total. The van der Waals surface area contributed by atoms with E-state index in [0.29, 0.717) is 18.6 Å². The third-order valence-electron chi connectivity index (χ3n) is 3.15. The normalized spacial score (nSPS) is 13.1. The summed E-state index contributed by atoms with van der Waals surface area (Å²) in [4.78, 5) is 23.3. The Balaban J connectivity index is 0.000000255. The average molecular weight is 301 g/mol. The van der Waals surface area contributed by atoms with Gasteiger partial charge in [0.15, 0.2) is 0 Å². The molecule has 0 saturated carbocycles. The topological polar surface area (TPSA) is 46.6 Å². The molecule has 1 aliphatic heterocycles. The van der Waals surface area contributed by atoms with Crippen molar-refractivity contribution in [1.29, 1.82) is 0 Å². The highest BCUT2D eigenvalue weighted by molar-refractivity contribution is 5.86. The summed E-state index contributed by atoms with van der Waals surface area (Å²) in [7, 11) is 0. The van der Waals surface area contributed by atoms with E-state index in [1.54, 1.807) is 18.0 Å². The Morgan fingerprint density at radius 2 is 2.05 bits per heavy atom. The van der Waals surface area contributed by atoms with Gasteiger partial charge in [0.25, 0.3) is 0 Å². The molecule has 0 unspecified atom stereocenters. The Kier molecular flexibility index (Phi) is 7.68. The fourth-order valence-corrected chi connectivity index (χ4v) is 1.89. The van der Waals surface area contributed by atoms with Gasteiger partial charge in [0.1, 0.15) is 0 Å². The second-order valence-electron chi connectivity index (χ2n) is 5.03. The van der Waals surface area contributed by atoms with Crippen LogP contribution in [-0.4, -0.2) is 29.9 Å². The van der Waals surface area contributed by atoms with Crippen molar-refractivity contribution in [3.8, 4) is 0 Å². The first-order chi connectivity index (χ1) is 10.5. The fourth-order valence-electron chi connectivity index (χ4n) is 1.89. The van der Waals surface area contributed by atoms with Gasteiger partial charge in [-0.1, -0.05) is 43.5 Å². The van der Waals surface area contributed by atoms with Crippen LogP contribution in [0.3, 0.4) is 0 Å². The molecule has 1 aromatic rings. The van der Waals surface area contributed by atoms with Gasteiger partial charge >= 0.3 is 5.97 Å². The van der Waals surface area contributed by atoms with Crippen LogP contribution < -0.4 is 0 Å². The second-order valence-corrected chi connectivity index (χ2v) is 5.03. The summed E-state index contributed by atoms with van der Waals surface area (Å²) in [6.07, 6.45) is 4.03. The minimum absolute atomic E-state index is 0.208. The van der Waals surface area contributed by atoms with Crippen LogP contribution in [0.1, 0.15) is 25.3 Å². The van der Waals surface area contributed by atoms with Crippen LogP contribution in [0.25, 0.3) is 0 Å². The molecule has 1 aliphatic rings. The minimum Gasteiger partial charge on any atom is -0.462 e. The highest BCUT2D eigenvalue weighted by Gasteiger charge is 2.16. The number of nitrogens with zero attached hydrogens (tertiary/aromatic N) is 1. The number of likely N-dealkylation sites (tertiary alicyclic amines) is 1. The Hall–Kier alpha value is -2.36. The van der Waals surface area contributed by atoms with Crippen molar-refractivity contribution in [2.45, 2.75) is 26.2 Å². The molecular weight excluding hydrogens is 278 g/mol. The molecule has 0 N–H and O–H groups in total. The van der Waals surface area contributed by atoms with Crippen LogP contribution in [-0.2, 0) is 20.7 Å². The Labute approximate surface area is 132 Å². The molecule has 2 rings (SSSR count). The summed E-state index contributed by atoms with van der Waals surface area (Å²) < 4.78 is 4.97. The molecule has 1 fully saturated rings. The lowest BCUT2D eigenvalue weighted by Crippen LogP contribution is -2.16. The lowest BCUT2D eigenvalue weighted by molar-refractivity contribution is -0.138. The first-order valence-corrected chi connectivity index (χ1v) is 7.33. The number of hydrogen-bond donors (Lipinski definition) is 0. The monoisotopic (exact) mass is 301 g/mol. The van der Waals surface area contributed by atoms with E-state index in [1.165, 1.54) is 5.56 Å². The lowest BCUT2D eigenvalue weighted by Gasteiger charge is -2.05. The van der Waals surface area contributed by atoms with Crippen molar-refractivity contribution in [3.63, 3.8) is 0 Å². The van der Waals surface area contributed by atoms with E-state index in [1.807, 2.05) is 30.3 Å². The first-order valence-electron chi connectivity index (χ1n) is 7.33. The quantitative estimate of drug-likeness (QED) is 0.620. The van der Waals surface area contributed by atoms with E-state index < -0.39 is 0 Å². The number of carbonyl (C=O) groups is 2. The number of rotatable bonds is 5. The van der Waals surface area contributed by atoms with Crippen molar-refractivity contribution in [2.75, 3.05) is 13.2 Å². The largest absolute Gasteiger partial charge is 0.462 e. The molecule has 118 valence electrons. The standard InChI is InChI=1S/C12H14O2.C6H9NO/c1-10(2)12(13)14-9-8-11-6-4-3-5-7-11;1-2-7-5-3-4-6(7)8/h3-7H,1,8-9H2,2H3;2H,1,3-5H2. The number of esters is 1. The molecule has 0 radical (unpaired) electrons. The van der Waals surface area contributed by atoms with Crippen molar-refractivity contribution < 1.29 is 14.3 Å². The number of hydrogen-bond acceptors (Lipinski definition) is 3. The van der Waals surface area contributed by atoms with E-state index in [4.69, 9.17) is 4.74 Å². The highest BCUT2D eigenvalue weighted by atomic mass is 16.5. The zero-order valence-electron chi connectivity index (χ0n) is 13.1. The van der Waals surface area contributed by atoms with Crippen molar-refractivity contribution in [3.05, 3.63) is 60.8 Å². The van der Waals surface area contributed by atoms with Crippen LogP contribution in [0, 0.1) is 0 Å². The third-order valence-corrected chi connectivity index (χ3v) is 3.15. The second kappa shape index (κ2) is 9.55. The molecule has 1 saturated heterocycles. The SMILES string of the molecule is C=C(C)C(=O)OCCc1ccccc1.C=CN1CCCC1=O. The van der Waals surface area contributed by atoms with Crippen LogP contribution in [0.15, 0.2) is 55.3 Å². The number of carbonyl (C=O) groups excluding carboxylic acids is 2. The molecular formula is C18H23NO3.